The minimum Gasteiger partial charge on any atom is -0.439 e. The number of carbonyl (C=O) groups excluding carboxylic acids is 1. The van der Waals surface area contributed by atoms with Gasteiger partial charge in [-0.15, -0.1) is 0 Å². The van der Waals surface area contributed by atoms with Gasteiger partial charge in [-0.2, -0.15) is 0 Å². The molecule has 0 atom stereocenters. The molecule has 0 fully saturated rings. The molecule has 1 amide bonds. The number of halogens is 1. The summed E-state index contributed by atoms with van der Waals surface area (Å²) in [5, 5.41) is 0. The van der Waals surface area contributed by atoms with Crippen LogP contribution in [0.15, 0.2) is 34.8 Å². The van der Waals surface area contributed by atoms with Crippen LogP contribution in [0.4, 0.5) is 0 Å². The molecule has 0 saturated carbocycles. The van der Waals surface area contributed by atoms with Gasteiger partial charge in [0, 0.05) is 10.5 Å². The number of aryl methyl sites for hydroxylation is 2. The second kappa shape index (κ2) is 5.40. The van der Waals surface area contributed by atoms with Gasteiger partial charge in [0.2, 0.25) is 5.88 Å². The van der Waals surface area contributed by atoms with E-state index in [0.29, 0.717) is 11.6 Å². The largest absolute Gasteiger partial charge is 0.439 e. The first-order valence-electron chi connectivity index (χ1n) is 5.69. The van der Waals surface area contributed by atoms with Crippen LogP contribution in [-0.2, 0) is 0 Å². The smallest absolute Gasteiger partial charge is 0.267 e. The van der Waals surface area contributed by atoms with Crippen LogP contribution in [0.25, 0.3) is 0 Å². The number of hydrogen-bond donors (Lipinski definition) is 1. The highest BCUT2D eigenvalue weighted by Gasteiger charge is 2.07. The van der Waals surface area contributed by atoms with E-state index < -0.39 is 5.91 Å². The molecule has 0 radical (unpaired) electrons. The Bertz CT molecular complexity index is 618. The lowest BCUT2D eigenvalue weighted by Crippen LogP contribution is -2.12. The number of nitrogens with two attached hydrogens (primary N) is 1. The fourth-order valence-electron chi connectivity index (χ4n) is 1.69. The number of carbonyl (C=O) groups is 1. The van der Waals surface area contributed by atoms with Gasteiger partial charge in [-0.3, -0.25) is 4.79 Å². The molecule has 0 unspecified atom stereocenters. The summed E-state index contributed by atoms with van der Waals surface area (Å²) in [4.78, 5) is 15.1. The normalized spacial score (nSPS) is 10.3. The molecule has 0 aliphatic heterocycles. The van der Waals surface area contributed by atoms with Gasteiger partial charge < -0.3 is 10.5 Å². The molecule has 5 heteroatoms. The van der Waals surface area contributed by atoms with Crippen molar-refractivity contribution in [1.82, 2.24) is 4.98 Å². The first kappa shape index (κ1) is 13.5. The molecular weight excluding hydrogens is 308 g/mol. The van der Waals surface area contributed by atoms with Gasteiger partial charge in [-0.05, 0) is 43.2 Å². The predicted octanol–water partition coefficient (Wildman–Crippen LogP) is 3.35. The SMILES string of the molecule is Cc1cc(Oc2cccc(C(N)=O)n2)cc(C)c1Br. The van der Waals surface area contributed by atoms with Crippen LogP contribution in [0, 0.1) is 13.8 Å². The zero-order valence-electron chi connectivity index (χ0n) is 10.6. The minimum atomic E-state index is -0.575. The Kier molecular flexibility index (Phi) is 3.85. The summed E-state index contributed by atoms with van der Waals surface area (Å²) in [6, 6.07) is 8.71. The maximum atomic E-state index is 11.1. The lowest BCUT2D eigenvalue weighted by atomic mass is 10.1. The topological polar surface area (TPSA) is 65.2 Å². The lowest BCUT2D eigenvalue weighted by molar-refractivity contribution is 0.0995. The van der Waals surface area contributed by atoms with Crippen molar-refractivity contribution in [2.75, 3.05) is 0 Å². The molecule has 1 aromatic heterocycles. The summed E-state index contributed by atoms with van der Waals surface area (Å²) in [6.07, 6.45) is 0. The second-order valence-corrected chi connectivity index (χ2v) is 4.99. The number of ether oxygens (including phenoxy) is 1. The fourth-order valence-corrected chi connectivity index (χ4v) is 1.92. The van der Waals surface area contributed by atoms with E-state index in [0.717, 1.165) is 15.6 Å². The molecule has 4 nitrogen and oxygen atoms in total. The van der Waals surface area contributed by atoms with Gasteiger partial charge in [0.05, 0.1) is 0 Å². The molecule has 0 bridgehead atoms. The molecule has 0 saturated heterocycles. The van der Waals surface area contributed by atoms with Crippen LogP contribution in [0.3, 0.4) is 0 Å². The second-order valence-electron chi connectivity index (χ2n) is 4.20. The third-order valence-corrected chi connectivity index (χ3v) is 3.86. The van der Waals surface area contributed by atoms with Gasteiger partial charge in [0.1, 0.15) is 11.4 Å². The van der Waals surface area contributed by atoms with Crippen LogP contribution in [0.1, 0.15) is 21.6 Å². The highest BCUT2D eigenvalue weighted by atomic mass is 79.9. The third-order valence-electron chi connectivity index (χ3n) is 2.61. The number of rotatable bonds is 3. The zero-order valence-corrected chi connectivity index (χ0v) is 12.2. The molecular formula is C14H13BrN2O2. The molecule has 2 N–H and O–H groups in total. The van der Waals surface area contributed by atoms with Crippen molar-refractivity contribution < 1.29 is 9.53 Å². The number of amides is 1. The highest BCUT2D eigenvalue weighted by Crippen LogP contribution is 2.28. The molecule has 19 heavy (non-hydrogen) atoms. The average Bonchev–Trinajstić information content (AvgIpc) is 2.36. The van der Waals surface area contributed by atoms with Crippen LogP contribution in [-0.4, -0.2) is 10.9 Å². The number of pyridine rings is 1. The monoisotopic (exact) mass is 320 g/mol. The molecule has 0 spiro atoms. The minimum absolute atomic E-state index is 0.183. The Hall–Kier alpha value is -1.88. The standard InChI is InChI=1S/C14H13BrN2O2/c1-8-6-10(7-9(2)13(8)15)19-12-5-3-4-11(17-12)14(16)18/h3-7H,1-2H3,(H2,16,18). The number of benzene rings is 1. The van der Waals surface area contributed by atoms with Crippen LogP contribution < -0.4 is 10.5 Å². The Labute approximate surface area is 119 Å². The maximum Gasteiger partial charge on any atom is 0.267 e. The average molecular weight is 321 g/mol. The van der Waals surface area contributed by atoms with E-state index in [1.807, 2.05) is 26.0 Å². The number of primary amides is 1. The lowest BCUT2D eigenvalue weighted by Gasteiger charge is -2.09. The fraction of sp³-hybridized carbons (Fsp3) is 0.143. The molecule has 0 aliphatic carbocycles. The van der Waals surface area contributed by atoms with Crippen molar-refractivity contribution in [3.8, 4) is 11.6 Å². The van der Waals surface area contributed by atoms with E-state index >= 15 is 0 Å². The molecule has 0 aliphatic rings. The van der Waals surface area contributed by atoms with E-state index in [9.17, 15) is 4.79 Å². The van der Waals surface area contributed by atoms with Crippen molar-refractivity contribution >= 4 is 21.8 Å². The Morgan fingerprint density at radius 3 is 2.47 bits per heavy atom. The summed E-state index contributed by atoms with van der Waals surface area (Å²) in [5.41, 5.74) is 7.51. The van der Waals surface area contributed by atoms with Crippen LogP contribution in [0.5, 0.6) is 11.6 Å². The van der Waals surface area contributed by atoms with Crippen molar-refractivity contribution in [2.45, 2.75) is 13.8 Å². The van der Waals surface area contributed by atoms with Crippen LogP contribution in [0.2, 0.25) is 0 Å². The maximum absolute atomic E-state index is 11.1. The molecule has 98 valence electrons. The first-order chi connectivity index (χ1) is 8.97. The van der Waals surface area contributed by atoms with E-state index in [-0.39, 0.29) is 5.69 Å². The van der Waals surface area contributed by atoms with Gasteiger partial charge in [-0.1, -0.05) is 22.0 Å². The Morgan fingerprint density at radius 1 is 1.26 bits per heavy atom. The summed E-state index contributed by atoms with van der Waals surface area (Å²) in [6.45, 7) is 3.97. The van der Waals surface area contributed by atoms with Crippen molar-refractivity contribution in [3.63, 3.8) is 0 Å². The van der Waals surface area contributed by atoms with Crippen LogP contribution >= 0.6 is 15.9 Å². The molecule has 1 aromatic carbocycles. The number of nitrogens with zero attached hydrogens (tertiary/aromatic N) is 1. The van der Waals surface area contributed by atoms with Gasteiger partial charge in [0.25, 0.3) is 5.91 Å². The highest BCUT2D eigenvalue weighted by molar-refractivity contribution is 9.10. The predicted molar refractivity (Wildman–Crippen MR) is 76.4 cm³/mol. The van der Waals surface area contributed by atoms with Crippen molar-refractivity contribution in [1.29, 1.82) is 0 Å². The first-order valence-corrected chi connectivity index (χ1v) is 6.48. The van der Waals surface area contributed by atoms with E-state index in [1.165, 1.54) is 0 Å². The number of aromatic nitrogens is 1. The zero-order chi connectivity index (χ0) is 14.0. The number of hydrogen-bond acceptors (Lipinski definition) is 3. The molecule has 2 aromatic rings. The Morgan fingerprint density at radius 2 is 1.89 bits per heavy atom. The van der Waals surface area contributed by atoms with Gasteiger partial charge in [-0.25, -0.2) is 4.98 Å². The van der Waals surface area contributed by atoms with Gasteiger partial charge in [0.15, 0.2) is 0 Å². The summed E-state index contributed by atoms with van der Waals surface area (Å²) in [5.74, 6) is 0.443. The van der Waals surface area contributed by atoms with Crippen molar-refractivity contribution in [2.24, 2.45) is 5.73 Å². The van der Waals surface area contributed by atoms with E-state index in [4.69, 9.17) is 10.5 Å². The van der Waals surface area contributed by atoms with E-state index in [1.54, 1.807) is 18.2 Å². The molecule has 2 rings (SSSR count). The van der Waals surface area contributed by atoms with E-state index in [2.05, 4.69) is 20.9 Å². The van der Waals surface area contributed by atoms with Gasteiger partial charge >= 0.3 is 0 Å². The summed E-state index contributed by atoms with van der Waals surface area (Å²) in [7, 11) is 0. The Balaban J connectivity index is 2.31. The van der Waals surface area contributed by atoms with Crippen molar-refractivity contribution in [3.05, 3.63) is 51.6 Å². The summed E-state index contributed by atoms with van der Waals surface area (Å²) >= 11 is 3.50. The third kappa shape index (κ3) is 3.12. The quantitative estimate of drug-likeness (QED) is 0.943. The molecule has 1 heterocycles. The summed E-state index contributed by atoms with van der Waals surface area (Å²) < 4.78 is 6.70.